The van der Waals surface area contributed by atoms with Crippen LogP contribution < -0.4 is 10.2 Å². The first kappa shape index (κ1) is 38.6. The van der Waals surface area contributed by atoms with Crippen molar-refractivity contribution in [1.82, 2.24) is 14.8 Å². The number of hydrazine groups is 1. The minimum atomic E-state index is -5.06. The van der Waals surface area contributed by atoms with Crippen LogP contribution >= 0.6 is 0 Å². The summed E-state index contributed by atoms with van der Waals surface area (Å²) >= 11 is 0. The summed E-state index contributed by atoms with van der Waals surface area (Å²) in [7, 11) is 0. The number of fused-ring (bicyclic) bond motifs is 4. The maximum absolute atomic E-state index is 15.4. The summed E-state index contributed by atoms with van der Waals surface area (Å²) in [4.78, 5) is 63.2. The number of aromatic hydroxyl groups is 1. The zero-order valence-corrected chi connectivity index (χ0v) is 32.3. The van der Waals surface area contributed by atoms with E-state index in [1.165, 1.54) is 10.5 Å². The van der Waals surface area contributed by atoms with Gasteiger partial charge in [0.15, 0.2) is 0 Å². The lowest BCUT2D eigenvalue weighted by Crippen LogP contribution is -2.53. The van der Waals surface area contributed by atoms with Crippen molar-refractivity contribution in [2.45, 2.75) is 62.9 Å². The monoisotopic (exact) mass is 804 g/mol. The first-order chi connectivity index (χ1) is 28.3. The number of nitrogens with one attached hydrogen (secondary N) is 1. The predicted octanol–water partition coefficient (Wildman–Crippen LogP) is 7.25. The molecule has 6 atom stereocenters. The third-order valence-electron chi connectivity index (χ3n) is 13.1. The second-order valence-electron chi connectivity index (χ2n) is 16.4. The maximum atomic E-state index is 15.4. The van der Waals surface area contributed by atoms with Gasteiger partial charge >= 0.3 is 6.36 Å². The van der Waals surface area contributed by atoms with Gasteiger partial charge in [0.1, 0.15) is 11.5 Å². The van der Waals surface area contributed by atoms with Crippen LogP contribution in [0.3, 0.4) is 0 Å². The van der Waals surface area contributed by atoms with Gasteiger partial charge in [-0.2, -0.15) is 5.01 Å². The topological polar surface area (TPSA) is 119 Å². The molecular formula is C46H43F3N4O6. The zero-order chi connectivity index (χ0) is 41.2. The fraction of sp³-hybridized carbons (Fsp3) is 0.348. The van der Waals surface area contributed by atoms with Crippen molar-refractivity contribution in [3.05, 3.63) is 137 Å². The van der Waals surface area contributed by atoms with Gasteiger partial charge in [0.05, 0.1) is 28.9 Å². The van der Waals surface area contributed by atoms with Gasteiger partial charge in [-0.05, 0) is 80.0 Å². The number of amides is 4. The highest BCUT2D eigenvalue weighted by atomic mass is 19.4. The molecule has 9 rings (SSSR count). The fourth-order valence-electron chi connectivity index (χ4n) is 10.6. The molecule has 59 heavy (non-hydrogen) atoms. The van der Waals surface area contributed by atoms with Crippen molar-refractivity contribution >= 4 is 29.3 Å². The lowest BCUT2D eigenvalue weighted by atomic mass is 9.49. The Balaban J connectivity index is 1.13. The number of hydrogen-bond donors (Lipinski definition) is 2. The molecule has 2 aliphatic carbocycles. The lowest BCUT2D eigenvalue weighted by molar-refractivity contribution is -0.274. The Morgan fingerprint density at radius 3 is 2.19 bits per heavy atom. The number of carbonyl (C=O) groups excluding carboxylic acids is 4. The smallest absolute Gasteiger partial charge is 0.508 e. The summed E-state index contributed by atoms with van der Waals surface area (Å²) in [5.41, 5.74) is 4.69. The average Bonchev–Trinajstić information content (AvgIpc) is 3.60. The van der Waals surface area contributed by atoms with Gasteiger partial charge in [0.25, 0.3) is 11.8 Å². The summed E-state index contributed by atoms with van der Waals surface area (Å²) in [5, 5.41) is 12.6. The number of rotatable bonds is 8. The Morgan fingerprint density at radius 1 is 0.831 bits per heavy atom. The van der Waals surface area contributed by atoms with E-state index in [9.17, 15) is 32.7 Å². The van der Waals surface area contributed by atoms with Gasteiger partial charge in [-0.3, -0.25) is 34.4 Å². The maximum Gasteiger partial charge on any atom is 0.573 e. The molecule has 2 N–H and O–H groups in total. The molecule has 13 heteroatoms. The van der Waals surface area contributed by atoms with Crippen LogP contribution in [0.15, 0.2) is 115 Å². The number of nitrogens with zero attached hydrogens (tertiary/aromatic N) is 3. The average molecular weight is 805 g/mol. The summed E-state index contributed by atoms with van der Waals surface area (Å²) in [6.45, 7) is 4.04. The van der Waals surface area contributed by atoms with E-state index in [0.717, 1.165) is 35.3 Å². The summed E-state index contributed by atoms with van der Waals surface area (Å²) in [6, 6.07) is 28.6. The zero-order valence-electron chi connectivity index (χ0n) is 32.3. The van der Waals surface area contributed by atoms with Crippen molar-refractivity contribution in [2.24, 2.45) is 23.7 Å². The molecule has 0 radical (unpaired) electrons. The van der Waals surface area contributed by atoms with Gasteiger partial charge in [0.2, 0.25) is 11.8 Å². The molecule has 4 fully saturated rings. The van der Waals surface area contributed by atoms with Gasteiger partial charge in [-0.1, -0.05) is 90.0 Å². The highest BCUT2D eigenvalue weighted by molar-refractivity contribution is 6.13. The number of anilines is 1. The largest absolute Gasteiger partial charge is 0.573 e. The minimum Gasteiger partial charge on any atom is -0.508 e. The molecule has 0 aromatic heterocycles. The molecule has 0 bridgehead atoms. The molecule has 0 spiro atoms. The molecule has 3 saturated heterocycles. The van der Waals surface area contributed by atoms with Crippen molar-refractivity contribution in [2.75, 3.05) is 18.5 Å². The van der Waals surface area contributed by atoms with Crippen molar-refractivity contribution in [3.8, 4) is 11.5 Å². The Morgan fingerprint density at radius 2 is 1.51 bits per heavy atom. The van der Waals surface area contributed by atoms with Crippen LogP contribution in [0.4, 0.5) is 18.9 Å². The number of hydrogen-bond acceptors (Lipinski definition) is 8. The van der Waals surface area contributed by atoms with E-state index in [-0.39, 0.29) is 36.3 Å². The van der Waals surface area contributed by atoms with Gasteiger partial charge in [-0.25, -0.2) is 0 Å². The minimum absolute atomic E-state index is 0.0108. The molecule has 3 heterocycles. The predicted molar refractivity (Wildman–Crippen MR) is 210 cm³/mol. The van der Waals surface area contributed by atoms with E-state index >= 15 is 4.79 Å². The van der Waals surface area contributed by atoms with Crippen LogP contribution in [0.1, 0.15) is 53.9 Å². The van der Waals surface area contributed by atoms with Gasteiger partial charge < -0.3 is 9.84 Å². The second kappa shape index (κ2) is 14.7. The van der Waals surface area contributed by atoms with Crippen molar-refractivity contribution in [3.63, 3.8) is 0 Å². The van der Waals surface area contributed by atoms with E-state index in [4.69, 9.17) is 0 Å². The summed E-state index contributed by atoms with van der Waals surface area (Å²) in [5.74, 6) is -7.61. The van der Waals surface area contributed by atoms with Crippen molar-refractivity contribution in [1.29, 1.82) is 0 Å². The van der Waals surface area contributed by atoms with Crippen LogP contribution in [0.5, 0.6) is 11.5 Å². The number of benzene rings is 4. The molecule has 0 unspecified atom stereocenters. The number of phenols is 1. The first-order valence-electron chi connectivity index (χ1n) is 20.0. The molecule has 5 aliphatic rings. The molecule has 4 amide bonds. The first-order valence-corrected chi connectivity index (χ1v) is 20.0. The van der Waals surface area contributed by atoms with Crippen LogP contribution in [0.25, 0.3) is 0 Å². The number of piperidine rings is 1. The standard InChI is InChI=1S/C46H43F3N4O6/c1-27-12-14-30(15-13-27)50-53-42(56)37-25-35-33(17-18-34-39(35)43(57)52(41(34)55)31-20-22-51(23-21-31)26-28-8-4-2-5-9-28)40(45(37,44(53)58)29-10-6-3-7-11-29)36-24-32(16-19-38(36)54)59-46(47,48)49/h2-17,19,24,31,34-35,37,39-40,50,54H,18,20-23,25-26H2,1H3/t34-,35+,37-,39-,40+,45+/m0/s1. The van der Waals surface area contributed by atoms with Crippen LogP contribution in [0, 0.1) is 30.6 Å². The molecule has 1 saturated carbocycles. The molecule has 10 nitrogen and oxygen atoms in total. The number of aryl methyl sites for hydroxylation is 1. The molecule has 304 valence electrons. The number of likely N-dealkylation sites (tertiary alicyclic amines) is 2. The number of carbonyl (C=O) groups is 4. The highest BCUT2D eigenvalue weighted by Crippen LogP contribution is 2.65. The second-order valence-corrected chi connectivity index (χ2v) is 16.4. The Kier molecular flexibility index (Phi) is 9.61. The fourth-order valence-corrected chi connectivity index (χ4v) is 10.6. The molecule has 3 aliphatic heterocycles. The Bertz CT molecular complexity index is 2330. The van der Waals surface area contributed by atoms with Gasteiger partial charge in [0, 0.05) is 37.2 Å². The lowest BCUT2D eigenvalue weighted by Gasteiger charge is -2.50. The van der Waals surface area contributed by atoms with E-state index in [0.29, 0.717) is 42.8 Å². The third-order valence-corrected chi connectivity index (χ3v) is 13.1. The third kappa shape index (κ3) is 6.55. The normalized spacial score (nSPS) is 27.3. The molecular weight excluding hydrogens is 762 g/mol. The van der Waals surface area contributed by atoms with Crippen LogP contribution in [-0.2, 0) is 31.1 Å². The Labute approximate surface area is 339 Å². The summed E-state index contributed by atoms with van der Waals surface area (Å²) in [6.07, 6.45) is -1.89. The number of imide groups is 2. The van der Waals surface area contributed by atoms with E-state index in [1.54, 1.807) is 42.5 Å². The highest BCUT2D eigenvalue weighted by Gasteiger charge is 2.71. The van der Waals surface area contributed by atoms with E-state index < -0.39 is 64.7 Å². The number of phenolic OH excluding ortho intramolecular Hbond substituents is 1. The molecule has 4 aromatic carbocycles. The van der Waals surface area contributed by atoms with Crippen LogP contribution in [-0.4, -0.2) is 69.0 Å². The van der Waals surface area contributed by atoms with E-state index in [2.05, 4.69) is 27.2 Å². The van der Waals surface area contributed by atoms with Crippen LogP contribution in [0.2, 0.25) is 0 Å². The number of allylic oxidation sites excluding steroid dienone is 2. The number of halogens is 3. The van der Waals surface area contributed by atoms with Crippen molar-refractivity contribution < 1.29 is 42.2 Å². The van der Waals surface area contributed by atoms with E-state index in [1.807, 2.05) is 43.3 Å². The number of alkyl halides is 3. The SMILES string of the molecule is Cc1ccc(NN2C(=O)[C@@H]3C[C@@H]4C(=CC[C@@H]5C(=O)N(C6CCN(Cc7ccccc7)CC6)C(=O)[C@@H]54)[C@H](c4cc(OC(F)(F)F)ccc4O)[C@]3(c3ccccc3)C2=O)cc1. The quantitative estimate of drug-likeness (QED) is 0.141. The van der Waals surface area contributed by atoms with Gasteiger partial charge in [-0.15, -0.1) is 13.2 Å². The Hall–Kier alpha value is -5.95. The number of ether oxygens (including phenoxy) is 1. The molecule has 4 aromatic rings. The summed E-state index contributed by atoms with van der Waals surface area (Å²) < 4.78 is 45.4.